The average molecular weight is 330 g/mol. The number of benzene rings is 1. The molecule has 0 radical (unpaired) electrons. The predicted octanol–water partition coefficient (Wildman–Crippen LogP) is 2.88. The lowest BCUT2D eigenvalue weighted by atomic mass is 9.92. The summed E-state index contributed by atoms with van der Waals surface area (Å²) in [6.45, 7) is 6.62. The molecule has 24 heavy (non-hydrogen) atoms. The topological polar surface area (TPSA) is 67.4 Å². The first kappa shape index (κ1) is 18.0. The largest absolute Gasteiger partial charge is 0.500 e. The molecule has 0 aromatic heterocycles. The number of urea groups is 1. The molecule has 130 valence electrons. The number of ether oxygens (including phenoxy) is 1. The molecule has 1 aliphatic rings. The third-order valence-corrected chi connectivity index (χ3v) is 4.48. The molecule has 1 unspecified atom stereocenters. The summed E-state index contributed by atoms with van der Waals surface area (Å²) in [5.41, 5.74) is 5.07. The van der Waals surface area contributed by atoms with Crippen LogP contribution in [0.15, 0.2) is 17.9 Å². The molecule has 5 heteroatoms. The fourth-order valence-corrected chi connectivity index (χ4v) is 3.55. The molecular weight excluding hydrogens is 304 g/mol. The van der Waals surface area contributed by atoms with Crippen molar-refractivity contribution in [3.63, 3.8) is 0 Å². The Morgan fingerprint density at radius 1 is 1.25 bits per heavy atom. The van der Waals surface area contributed by atoms with Crippen molar-refractivity contribution >= 4 is 17.4 Å². The molecular formula is C19H26N2O3. The number of rotatable bonds is 5. The highest BCUT2D eigenvalue weighted by molar-refractivity contribution is 6.24. The van der Waals surface area contributed by atoms with Crippen molar-refractivity contribution in [3.05, 3.63) is 40.1 Å². The number of nitrogens with one attached hydrogen (secondary N) is 2. The van der Waals surface area contributed by atoms with Gasteiger partial charge in [-0.25, -0.2) is 4.79 Å². The van der Waals surface area contributed by atoms with Crippen molar-refractivity contribution < 1.29 is 14.3 Å². The third kappa shape index (κ3) is 3.61. The molecule has 0 spiro atoms. The molecule has 0 heterocycles. The van der Waals surface area contributed by atoms with Gasteiger partial charge in [0.1, 0.15) is 5.76 Å². The summed E-state index contributed by atoms with van der Waals surface area (Å²) in [6, 6.07) is 3.97. The summed E-state index contributed by atoms with van der Waals surface area (Å²) in [5, 5.41) is 5.28. The molecule has 2 N–H and O–H groups in total. The van der Waals surface area contributed by atoms with Gasteiger partial charge in [-0.05, 0) is 43.9 Å². The molecule has 1 atom stereocenters. The lowest BCUT2D eigenvalue weighted by molar-refractivity contribution is -0.113. The number of carbonyl (C=O) groups is 2. The molecule has 2 rings (SSSR count). The number of hydrogen-bond acceptors (Lipinski definition) is 3. The zero-order valence-electron chi connectivity index (χ0n) is 15.1. The van der Waals surface area contributed by atoms with Crippen LogP contribution in [0.25, 0.3) is 5.57 Å². The van der Waals surface area contributed by atoms with Gasteiger partial charge in [0.25, 0.3) is 0 Å². The van der Waals surface area contributed by atoms with E-state index in [4.69, 9.17) is 4.74 Å². The summed E-state index contributed by atoms with van der Waals surface area (Å²) in [5.74, 6) is 0.871. The van der Waals surface area contributed by atoms with E-state index in [2.05, 4.69) is 29.7 Å². The second-order valence-electron chi connectivity index (χ2n) is 6.34. The van der Waals surface area contributed by atoms with E-state index < -0.39 is 0 Å². The number of hydrogen-bond donors (Lipinski definition) is 2. The maximum absolute atomic E-state index is 12.7. The number of amides is 2. The fraction of sp³-hybridized carbons (Fsp3) is 0.474. The van der Waals surface area contributed by atoms with E-state index in [1.54, 1.807) is 14.2 Å². The van der Waals surface area contributed by atoms with Crippen LogP contribution >= 0.6 is 0 Å². The summed E-state index contributed by atoms with van der Waals surface area (Å²) < 4.78 is 5.62. The Hall–Kier alpha value is -2.30. The van der Waals surface area contributed by atoms with E-state index in [9.17, 15) is 9.59 Å². The third-order valence-electron chi connectivity index (χ3n) is 4.48. The van der Waals surface area contributed by atoms with E-state index in [1.807, 2.05) is 13.8 Å². The minimum atomic E-state index is -0.215. The molecule has 1 aromatic carbocycles. The maximum Gasteiger partial charge on any atom is 0.314 e. The summed E-state index contributed by atoms with van der Waals surface area (Å²) in [6.07, 6.45) is 1.11. The van der Waals surface area contributed by atoms with Crippen molar-refractivity contribution in [1.29, 1.82) is 0 Å². The summed E-state index contributed by atoms with van der Waals surface area (Å²) in [7, 11) is 3.20. The Balaban J connectivity index is 2.32. The molecule has 0 bridgehead atoms. The smallest absolute Gasteiger partial charge is 0.314 e. The van der Waals surface area contributed by atoms with Crippen molar-refractivity contribution in [2.45, 2.75) is 33.6 Å². The van der Waals surface area contributed by atoms with Gasteiger partial charge in [0.2, 0.25) is 0 Å². The van der Waals surface area contributed by atoms with Gasteiger partial charge < -0.3 is 15.4 Å². The Morgan fingerprint density at radius 3 is 2.42 bits per heavy atom. The number of ketones is 1. The zero-order chi connectivity index (χ0) is 17.9. The first-order valence-electron chi connectivity index (χ1n) is 8.24. The van der Waals surface area contributed by atoms with Crippen LogP contribution in [0.2, 0.25) is 0 Å². The van der Waals surface area contributed by atoms with Crippen LogP contribution in [0.4, 0.5) is 4.79 Å². The minimum Gasteiger partial charge on any atom is -0.500 e. The van der Waals surface area contributed by atoms with Crippen LogP contribution in [0.5, 0.6) is 0 Å². The molecule has 0 saturated heterocycles. The lowest BCUT2D eigenvalue weighted by Crippen LogP contribution is -2.34. The number of carbonyl (C=O) groups excluding carboxylic acids is 2. The molecule has 2 amide bonds. The Labute approximate surface area is 143 Å². The molecule has 1 aliphatic carbocycles. The highest BCUT2D eigenvalue weighted by Crippen LogP contribution is 2.40. The predicted molar refractivity (Wildman–Crippen MR) is 94.8 cm³/mol. The van der Waals surface area contributed by atoms with Crippen LogP contribution in [0.3, 0.4) is 0 Å². The van der Waals surface area contributed by atoms with E-state index in [0.29, 0.717) is 25.0 Å². The summed E-state index contributed by atoms with van der Waals surface area (Å²) >= 11 is 0. The second-order valence-corrected chi connectivity index (χ2v) is 6.34. The zero-order valence-corrected chi connectivity index (χ0v) is 15.1. The van der Waals surface area contributed by atoms with Crippen LogP contribution in [-0.2, 0) is 9.53 Å². The molecule has 0 aliphatic heterocycles. The van der Waals surface area contributed by atoms with Gasteiger partial charge in [0.15, 0.2) is 5.78 Å². The molecule has 0 saturated carbocycles. The molecule has 0 fully saturated rings. The number of methoxy groups -OCH3 is 1. The quantitative estimate of drug-likeness (QED) is 0.872. The Bertz CT molecular complexity index is 669. The first-order valence-corrected chi connectivity index (χ1v) is 8.24. The number of aryl methyl sites for hydroxylation is 3. The Kier molecular flexibility index (Phi) is 5.65. The minimum absolute atomic E-state index is 0.00904. The van der Waals surface area contributed by atoms with Gasteiger partial charge >= 0.3 is 6.03 Å². The highest BCUT2D eigenvalue weighted by atomic mass is 16.5. The van der Waals surface area contributed by atoms with E-state index in [0.717, 1.165) is 22.4 Å². The van der Waals surface area contributed by atoms with Crippen LogP contribution in [-0.4, -0.2) is 32.5 Å². The van der Waals surface area contributed by atoms with Crippen LogP contribution in [0, 0.1) is 26.7 Å². The van der Waals surface area contributed by atoms with Gasteiger partial charge in [0, 0.05) is 25.9 Å². The first-order chi connectivity index (χ1) is 11.4. The fourth-order valence-electron chi connectivity index (χ4n) is 3.55. The van der Waals surface area contributed by atoms with Crippen molar-refractivity contribution in [1.82, 2.24) is 10.6 Å². The summed E-state index contributed by atoms with van der Waals surface area (Å²) in [4.78, 5) is 23.9. The van der Waals surface area contributed by atoms with Gasteiger partial charge in [-0.1, -0.05) is 17.7 Å². The van der Waals surface area contributed by atoms with Crippen LogP contribution in [0.1, 0.15) is 35.1 Å². The van der Waals surface area contributed by atoms with Gasteiger partial charge in [-0.3, -0.25) is 4.79 Å². The number of allylic oxidation sites excluding steroid dienone is 2. The van der Waals surface area contributed by atoms with Gasteiger partial charge in [0.05, 0.1) is 12.7 Å². The monoisotopic (exact) mass is 330 g/mol. The lowest BCUT2D eigenvalue weighted by Gasteiger charge is -2.16. The van der Waals surface area contributed by atoms with Crippen LogP contribution < -0.4 is 10.6 Å². The normalized spacial score (nSPS) is 17.2. The highest BCUT2D eigenvalue weighted by Gasteiger charge is 2.35. The van der Waals surface area contributed by atoms with E-state index in [1.165, 1.54) is 5.56 Å². The molecule has 5 nitrogen and oxygen atoms in total. The van der Waals surface area contributed by atoms with Crippen molar-refractivity contribution in [2.24, 2.45) is 5.92 Å². The van der Waals surface area contributed by atoms with Crippen molar-refractivity contribution in [2.75, 3.05) is 20.7 Å². The van der Waals surface area contributed by atoms with E-state index >= 15 is 0 Å². The second kappa shape index (κ2) is 7.51. The van der Waals surface area contributed by atoms with Gasteiger partial charge in [-0.2, -0.15) is 0 Å². The van der Waals surface area contributed by atoms with Crippen molar-refractivity contribution in [3.8, 4) is 0 Å². The molecule has 1 aromatic rings. The van der Waals surface area contributed by atoms with E-state index in [-0.39, 0.29) is 17.7 Å². The Morgan fingerprint density at radius 2 is 1.88 bits per heavy atom. The maximum atomic E-state index is 12.7. The average Bonchev–Trinajstić information content (AvgIpc) is 2.82. The van der Waals surface area contributed by atoms with Gasteiger partial charge in [-0.15, -0.1) is 0 Å². The number of Topliss-reactive ketones (excluding diaryl/α,β-unsaturated/α-hetero) is 1. The standard InChI is InChI=1S/C19H26N2O3/c1-11-8-12(2)16(13(3)9-11)17-15(22)10-14(18(17)24-5)6-7-21-19(23)20-4/h8-9,14H,6-7,10H2,1-5H3,(H2,20,21,23). The SMILES string of the molecule is CNC(=O)NCCC1CC(=O)C(c2c(C)cc(C)cc2C)=C1OC.